The van der Waals surface area contributed by atoms with Crippen LogP contribution in [0.15, 0.2) is 55.0 Å². The first-order valence-electron chi connectivity index (χ1n) is 13.8. The van der Waals surface area contributed by atoms with Gasteiger partial charge in [-0.25, -0.2) is 4.98 Å². The molecule has 2 aliphatic rings. The molecule has 0 amide bonds. The SMILES string of the molecule is C#C.C1CC(C2CC2)CCN1.Cc1cncc(-c2ccc(N)c(Cc3nc4c(-c5ccc(Cl)s5)nccc4[nH]3)n2)c1. The maximum atomic E-state index is 6.22. The Bertz CT molecular complexity index is 1630. The Balaban J connectivity index is 0.000000257. The molecule has 9 heteroatoms. The van der Waals surface area contributed by atoms with Gasteiger partial charge in [-0.1, -0.05) is 11.6 Å². The van der Waals surface area contributed by atoms with Gasteiger partial charge in [0.1, 0.15) is 17.0 Å². The van der Waals surface area contributed by atoms with Gasteiger partial charge in [-0.3, -0.25) is 15.0 Å². The summed E-state index contributed by atoms with van der Waals surface area (Å²) in [5, 5.41) is 3.40. The Labute approximate surface area is 250 Å². The van der Waals surface area contributed by atoms with Crippen molar-refractivity contribution in [1.82, 2.24) is 30.2 Å². The molecule has 7 rings (SSSR count). The first kappa shape index (κ1) is 28.7. The first-order chi connectivity index (χ1) is 20.0. The van der Waals surface area contributed by atoms with Gasteiger partial charge >= 0.3 is 0 Å². The first-order valence-corrected chi connectivity index (χ1v) is 15.0. The van der Waals surface area contributed by atoms with Gasteiger partial charge in [-0.05, 0) is 99.5 Å². The minimum Gasteiger partial charge on any atom is -0.397 e. The summed E-state index contributed by atoms with van der Waals surface area (Å²) >= 11 is 7.59. The van der Waals surface area contributed by atoms with Crippen LogP contribution in [0.3, 0.4) is 0 Å². The molecule has 1 saturated heterocycles. The number of terminal acetylenes is 1. The number of hydrogen-bond acceptors (Lipinski definition) is 7. The summed E-state index contributed by atoms with van der Waals surface area (Å²) in [6.07, 6.45) is 19.8. The van der Waals surface area contributed by atoms with E-state index in [-0.39, 0.29) is 0 Å². The summed E-state index contributed by atoms with van der Waals surface area (Å²) in [5.41, 5.74) is 13.0. The van der Waals surface area contributed by atoms with Crippen molar-refractivity contribution in [3.63, 3.8) is 0 Å². The van der Waals surface area contributed by atoms with E-state index >= 15 is 0 Å². The number of H-pyrrole nitrogens is 1. The average Bonchev–Trinajstić information content (AvgIpc) is 3.64. The van der Waals surface area contributed by atoms with Crippen LogP contribution in [0.25, 0.3) is 32.9 Å². The highest BCUT2D eigenvalue weighted by Crippen LogP contribution is 2.40. The van der Waals surface area contributed by atoms with Crippen LogP contribution in [-0.2, 0) is 6.42 Å². The maximum absolute atomic E-state index is 6.22. The van der Waals surface area contributed by atoms with Crippen molar-refractivity contribution in [3.8, 4) is 34.7 Å². The van der Waals surface area contributed by atoms with E-state index in [2.05, 4.69) is 39.2 Å². The van der Waals surface area contributed by atoms with Gasteiger partial charge in [0.15, 0.2) is 0 Å². The smallest absolute Gasteiger partial charge is 0.116 e. The third kappa shape index (κ3) is 7.12. The van der Waals surface area contributed by atoms with Crippen LogP contribution in [-0.4, -0.2) is 38.0 Å². The number of halogens is 1. The summed E-state index contributed by atoms with van der Waals surface area (Å²) in [6, 6.07) is 11.6. The van der Waals surface area contributed by atoms with E-state index in [0.717, 1.165) is 66.1 Å². The number of anilines is 1. The summed E-state index contributed by atoms with van der Waals surface area (Å²) < 4.78 is 0.721. The quantitative estimate of drug-likeness (QED) is 0.194. The molecule has 2 fully saturated rings. The average molecular weight is 584 g/mol. The largest absolute Gasteiger partial charge is 0.397 e. The van der Waals surface area contributed by atoms with E-state index in [1.807, 2.05) is 43.5 Å². The van der Waals surface area contributed by atoms with E-state index in [1.165, 1.54) is 50.1 Å². The number of nitrogens with two attached hydrogens (primary N) is 1. The lowest BCUT2D eigenvalue weighted by Gasteiger charge is -2.21. The Kier molecular flexibility index (Phi) is 9.30. The van der Waals surface area contributed by atoms with Gasteiger partial charge in [0.05, 0.1) is 38.2 Å². The maximum Gasteiger partial charge on any atom is 0.116 e. The number of nitrogens with one attached hydrogen (secondary N) is 2. The molecule has 1 aliphatic heterocycles. The topological polar surface area (TPSA) is 105 Å². The Morgan fingerprint density at radius 3 is 2.49 bits per heavy atom. The van der Waals surface area contributed by atoms with Gasteiger partial charge < -0.3 is 16.0 Å². The number of fused-ring (bicyclic) bond motifs is 1. The zero-order valence-corrected chi connectivity index (χ0v) is 24.7. The van der Waals surface area contributed by atoms with Crippen LogP contribution in [0.2, 0.25) is 4.34 Å². The van der Waals surface area contributed by atoms with Crippen LogP contribution >= 0.6 is 22.9 Å². The lowest BCUT2D eigenvalue weighted by Crippen LogP contribution is -2.28. The van der Waals surface area contributed by atoms with E-state index in [1.54, 1.807) is 12.4 Å². The van der Waals surface area contributed by atoms with Crippen LogP contribution < -0.4 is 11.1 Å². The number of aryl methyl sites for hydroxylation is 1. The molecular weight excluding hydrogens is 550 g/mol. The molecule has 0 atom stereocenters. The molecule has 0 unspecified atom stereocenters. The van der Waals surface area contributed by atoms with Crippen molar-refractivity contribution in [3.05, 3.63) is 76.4 Å². The van der Waals surface area contributed by atoms with Crippen molar-refractivity contribution >= 4 is 39.7 Å². The fourth-order valence-corrected chi connectivity index (χ4v) is 6.28. The monoisotopic (exact) mass is 583 g/mol. The lowest BCUT2D eigenvalue weighted by atomic mass is 9.93. The molecule has 1 saturated carbocycles. The van der Waals surface area contributed by atoms with E-state index < -0.39 is 0 Å². The molecule has 4 N–H and O–H groups in total. The van der Waals surface area contributed by atoms with Crippen LogP contribution in [0, 0.1) is 31.6 Å². The number of pyridine rings is 3. The third-order valence-corrected chi connectivity index (χ3v) is 8.68. The van der Waals surface area contributed by atoms with Gasteiger partial charge in [0.25, 0.3) is 0 Å². The molecule has 0 spiro atoms. The second kappa shape index (κ2) is 13.3. The van der Waals surface area contributed by atoms with Gasteiger partial charge in [-0.2, -0.15) is 0 Å². The Morgan fingerprint density at radius 1 is 1.00 bits per heavy atom. The minimum atomic E-state index is 0.484. The lowest BCUT2D eigenvalue weighted by molar-refractivity contribution is 0.337. The summed E-state index contributed by atoms with van der Waals surface area (Å²) in [6.45, 7) is 4.57. The summed E-state index contributed by atoms with van der Waals surface area (Å²) in [4.78, 5) is 22.7. The highest BCUT2D eigenvalue weighted by atomic mass is 35.5. The second-order valence-electron chi connectivity index (χ2n) is 10.4. The number of hydrogen-bond donors (Lipinski definition) is 3. The van der Waals surface area contributed by atoms with Crippen molar-refractivity contribution < 1.29 is 0 Å². The molecule has 5 aromatic heterocycles. The molecule has 0 radical (unpaired) electrons. The van der Waals surface area contributed by atoms with Crippen LogP contribution in [0.1, 0.15) is 42.8 Å². The molecule has 210 valence electrons. The fraction of sp³-hybridized carbons (Fsp3) is 0.312. The van der Waals surface area contributed by atoms with Crippen molar-refractivity contribution in [2.45, 2.75) is 39.0 Å². The van der Waals surface area contributed by atoms with E-state index in [0.29, 0.717) is 12.1 Å². The highest BCUT2D eigenvalue weighted by Gasteiger charge is 2.31. The zero-order valence-electron chi connectivity index (χ0n) is 23.1. The zero-order chi connectivity index (χ0) is 28.8. The summed E-state index contributed by atoms with van der Waals surface area (Å²) in [5.74, 6) is 3.03. The number of nitrogen functional groups attached to an aromatic ring is 1. The van der Waals surface area contributed by atoms with Gasteiger partial charge in [0.2, 0.25) is 0 Å². The normalized spacial score (nSPS) is 15.0. The number of nitrogens with zero attached hydrogens (tertiary/aromatic N) is 4. The molecule has 0 aromatic carbocycles. The molecule has 0 bridgehead atoms. The van der Waals surface area contributed by atoms with Crippen LogP contribution in [0.5, 0.6) is 0 Å². The molecule has 1 aliphatic carbocycles. The van der Waals surface area contributed by atoms with E-state index in [9.17, 15) is 0 Å². The number of imidazole rings is 1. The standard InChI is InChI=1S/C22H17ClN6S.C8H15N.C2H2/c1-12-8-13(11-25-10-12)15-3-2-14(24)17(27-15)9-20-28-16-6-7-26-22(21(16)29-20)18-4-5-19(23)30-18;1-2-7(1)8-3-5-9-6-4-8;1-2/h2-8,10-11H,9,24H2,1H3,(H,28,29);7-9H,1-6H2;1-2H. The molecule has 41 heavy (non-hydrogen) atoms. The van der Waals surface area contributed by atoms with Gasteiger partial charge in [-0.15, -0.1) is 24.2 Å². The third-order valence-electron chi connectivity index (χ3n) is 7.44. The Hall–Kier alpha value is -3.77. The minimum absolute atomic E-state index is 0.484. The predicted octanol–water partition coefficient (Wildman–Crippen LogP) is 6.92. The summed E-state index contributed by atoms with van der Waals surface area (Å²) in [7, 11) is 0. The van der Waals surface area contributed by atoms with Crippen LogP contribution in [0.4, 0.5) is 5.69 Å². The van der Waals surface area contributed by atoms with Crippen molar-refractivity contribution in [2.75, 3.05) is 18.8 Å². The number of aromatic nitrogens is 5. The molecule has 6 heterocycles. The number of piperidine rings is 1. The Morgan fingerprint density at radius 2 is 1.78 bits per heavy atom. The predicted molar refractivity (Wildman–Crippen MR) is 170 cm³/mol. The van der Waals surface area contributed by atoms with Gasteiger partial charge in [0, 0.05) is 24.2 Å². The van der Waals surface area contributed by atoms with E-state index in [4.69, 9.17) is 27.3 Å². The number of rotatable bonds is 5. The fourth-order valence-electron chi connectivity index (χ4n) is 5.24. The van der Waals surface area contributed by atoms with Crippen molar-refractivity contribution in [2.24, 2.45) is 11.8 Å². The highest BCUT2D eigenvalue weighted by molar-refractivity contribution is 7.19. The van der Waals surface area contributed by atoms with Crippen molar-refractivity contribution in [1.29, 1.82) is 0 Å². The molecular formula is C32H34ClN7S. The number of thiophene rings is 1. The molecule has 5 aromatic rings. The molecule has 7 nitrogen and oxygen atoms in total. The second-order valence-corrected chi connectivity index (χ2v) is 12.1. The number of aromatic amines is 1.